The summed E-state index contributed by atoms with van der Waals surface area (Å²) in [5.74, 6) is -0.336. The summed E-state index contributed by atoms with van der Waals surface area (Å²) in [4.78, 5) is 18.8. The van der Waals surface area contributed by atoms with Crippen LogP contribution in [-0.4, -0.2) is 22.0 Å². The lowest BCUT2D eigenvalue weighted by atomic mass is 10.1. The zero-order valence-electron chi connectivity index (χ0n) is 11.3. The van der Waals surface area contributed by atoms with Crippen molar-refractivity contribution in [3.05, 3.63) is 47.1 Å². The molecule has 102 valence electrons. The van der Waals surface area contributed by atoms with Crippen LogP contribution in [0.25, 0.3) is 16.2 Å². The van der Waals surface area contributed by atoms with E-state index in [9.17, 15) is 4.79 Å². The molecule has 0 bridgehead atoms. The Hall–Kier alpha value is -2.14. The van der Waals surface area contributed by atoms with Crippen molar-refractivity contribution < 1.29 is 9.53 Å². The van der Waals surface area contributed by atoms with Gasteiger partial charge in [-0.15, -0.1) is 11.3 Å². The van der Waals surface area contributed by atoms with Gasteiger partial charge >= 0.3 is 5.97 Å². The van der Waals surface area contributed by atoms with Gasteiger partial charge in [0.2, 0.25) is 0 Å². The lowest BCUT2D eigenvalue weighted by Crippen LogP contribution is -2.08. The minimum atomic E-state index is -0.336. The van der Waals surface area contributed by atoms with Crippen LogP contribution >= 0.6 is 11.3 Å². The molecule has 0 aliphatic carbocycles. The van der Waals surface area contributed by atoms with Crippen LogP contribution in [0.5, 0.6) is 0 Å². The summed E-state index contributed by atoms with van der Waals surface area (Å²) in [5.41, 5.74) is 2.09. The Labute approximate surface area is 120 Å². The van der Waals surface area contributed by atoms with E-state index in [-0.39, 0.29) is 5.97 Å². The number of aryl methyl sites for hydroxylation is 1. The number of hydrogen-bond acceptors (Lipinski definition) is 4. The van der Waals surface area contributed by atoms with E-state index in [4.69, 9.17) is 4.74 Å². The number of benzene rings is 1. The number of rotatable bonds is 3. The highest BCUT2D eigenvalue weighted by molar-refractivity contribution is 7.17. The third-order valence-electron chi connectivity index (χ3n) is 2.96. The molecule has 0 unspecified atom stereocenters. The van der Waals surface area contributed by atoms with Crippen molar-refractivity contribution in [2.75, 3.05) is 6.61 Å². The van der Waals surface area contributed by atoms with Crippen LogP contribution in [0.1, 0.15) is 22.3 Å². The van der Waals surface area contributed by atoms with E-state index in [1.165, 1.54) is 0 Å². The van der Waals surface area contributed by atoms with Crippen LogP contribution in [0.2, 0.25) is 0 Å². The Morgan fingerprint density at radius 2 is 2.10 bits per heavy atom. The van der Waals surface area contributed by atoms with Gasteiger partial charge in [0.15, 0.2) is 10.7 Å². The average Bonchev–Trinajstić information content (AvgIpc) is 2.95. The van der Waals surface area contributed by atoms with E-state index in [0.717, 1.165) is 15.4 Å². The highest BCUT2D eigenvalue weighted by Gasteiger charge is 2.22. The largest absolute Gasteiger partial charge is 0.461 e. The van der Waals surface area contributed by atoms with Gasteiger partial charge < -0.3 is 4.74 Å². The minimum Gasteiger partial charge on any atom is -0.461 e. The Kier molecular flexibility index (Phi) is 3.28. The zero-order valence-corrected chi connectivity index (χ0v) is 12.1. The first-order valence-corrected chi connectivity index (χ1v) is 7.23. The van der Waals surface area contributed by atoms with Gasteiger partial charge in [0.1, 0.15) is 5.69 Å². The highest BCUT2D eigenvalue weighted by atomic mass is 32.1. The molecule has 0 spiro atoms. The molecule has 2 aromatic heterocycles. The van der Waals surface area contributed by atoms with Gasteiger partial charge in [-0.25, -0.2) is 9.78 Å². The van der Waals surface area contributed by atoms with Crippen molar-refractivity contribution in [2.45, 2.75) is 13.8 Å². The SMILES string of the molecule is CCOC(=O)c1c(-c2ccccc2)nc2sc(C)cn12. The second-order valence-corrected chi connectivity index (χ2v) is 5.60. The molecule has 2 heterocycles. The molecule has 0 amide bonds. The molecule has 0 aliphatic heterocycles. The molecule has 0 radical (unpaired) electrons. The molecule has 3 rings (SSSR count). The number of ether oxygens (including phenoxy) is 1. The van der Waals surface area contributed by atoms with Gasteiger partial charge in [0, 0.05) is 16.6 Å². The Balaban J connectivity index is 2.23. The van der Waals surface area contributed by atoms with Crippen LogP contribution in [-0.2, 0) is 4.74 Å². The molecule has 0 atom stereocenters. The molecule has 4 nitrogen and oxygen atoms in total. The second-order valence-electron chi connectivity index (χ2n) is 4.39. The van der Waals surface area contributed by atoms with Gasteiger partial charge in [-0.3, -0.25) is 4.40 Å². The molecule has 20 heavy (non-hydrogen) atoms. The Morgan fingerprint density at radius 1 is 1.35 bits per heavy atom. The van der Waals surface area contributed by atoms with Crippen LogP contribution in [0.4, 0.5) is 0 Å². The maximum absolute atomic E-state index is 12.2. The Bertz CT molecular complexity index is 759. The molecule has 5 heteroatoms. The number of aromatic nitrogens is 2. The molecular weight excluding hydrogens is 272 g/mol. The quantitative estimate of drug-likeness (QED) is 0.692. The first-order chi connectivity index (χ1) is 9.70. The summed E-state index contributed by atoms with van der Waals surface area (Å²) in [7, 11) is 0. The molecule has 1 aromatic carbocycles. The third-order valence-corrected chi connectivity index (χ3v) is 3.86. The van der Waals surface area contributed by atoms with Crippen molar-refractivity contribution in [1.82, 2.24) is 9.38 Å². The molecule has 0 saturated heterocycles. The van der Waals surface area contributed by atoms with E-state index in [1.54, 1.807) is 18.3 Å². The van der Waals surface area contributed by atoms with Crippen LogP contribution in [0.3, 0.4) is 0 Å². The number of carbonyl (C=O) groups is 1. The molecular formula is C15H14N2O2S. The average molecular weight is 286 g/mol. The molecule has 0 N–H and O–H groups in total. The van der Waals surface area contributed by atoms with E-state index in [2.05, 4.69) is 4.98 Å². The zero-order chi connectivity index (χ0) is 14.1. The summed E-state index contributed by atoms with van der Waals surface area (Å²) in [6.07, 6.45) is 1.92. The van der Waals surface area contributed by atoms with E-state index < -0.39 is 0 Å². The Morgan fingerprint density at radius 3 is 2.80 bits per heavy atom. The summed E-state index contributed by atoms with van der Waals surface area (Å²) in [5, 5.41) is 0. The molecule has 0 fully saturated rings. The number of esters is 1. The number of imidazole rings is 1. The number of hydrogen-bond donors (Lipinski definition) is 0. The molecule has 0 aliphatic rings. The first kappa shape index (κ1) is 12.9. The number of nitrogens with zero attached hydrogens (tertiary/aromatic N) is 2. The first-order valence-electron chi connectivity index (χ1n) is 6.41. The fourth-order valence-corrected chi connectivity index (χ4v) is 2.97. The van der Waals surface area contributed by atoms with Gasteiger partial charge in [0.25, 0.3) is 0 Å². The fourth-order valence-electron chi connectivity index (χ4n) is 2.15. The second kappa shape index (κ2) is 5.09. The molecule has 0 saturated carbocycles. The number of fused-ring (bicyclic) bond motifs is 1. The lowest BCUT2D eigenvalue weighted by molar-refractivity contribution is 0.0519. The van der Waals surface area contributed by atoms with Crippen molar-refractivity contribution >= 4 is 22.3 Å². The standard InChI is InChI=1S/C15H14N2O2S/c1-3-19-14(18)13-12(11-7-5-4-6-8-11)16-15-17(13)9-10(2)20-15/h4-9H,3H2,1-2H3. The monoisotopic (exact) mass is 286 g/mol. The number of thiazole rings is 1. The smallest absolute Gasteiger partial charge is 0.357 e. The normalized spacial score (nSPS) is 10.9. The summed E-state index contributed by atoms with van der Waals surface area (Å²) in [6.45, 7) is 4.15. The van der Waals surface area contributed by atoms with Crippen molar-refractivity contribution in [2.24, 2.45) is 0 Å². The predicted molar refractivity (Wildman–Crippen MR) is 79.2 cm³/mol. The van der Waals surface area contributed by atoms with Crippen LogP contribution in [0.15, 0.2) is 36.5 Å². The van der Waals surface area contributed by atoms with Crippen molar-refractivity contribution in [1.29, 1.82) is 0 Å². The van der Waals surface area contributed by atoms with Crippen LogP contribution in [0, 0.1) is 6.92 Å². The van der Waals surface area contributed by atoms with Gasteiger partial charge in [-0.1, -0.05) is 30.3 Å². The van der Waals surface area contributed by atoms with Gasteiger partial charge in [-0.05, 0) is 13.8 Å². The van der Waals surface area contributed by atoms with E-state index in [0.29, 0.717) is 18.0 Å². The lowest BCUT2D eigenvalue weighted by Gasteiger charge is -2.04. The highest BCUT2D eigenvalue weighted by Crippen LogP contribution is 2.28. The summed E-state index contributed by atoms with van der Waals surface area (Å²) in [6, 6.07) is 9.70. The predicted octanol–water partition coefficient (Wildman–Crippen LogP) is 3.55. The van der Waals surface area contributed by atoms with Gasteiger partial charge in [0.05, 0.1) is 6.61 Å². The fraction of sp³-hybridized carbons (Fsp3) is 0.200. The van der Waals surface area contributed by atoms with E-state index >= 15 is 0 Å². The summed E-state index contributed by atoms with van der Waals surface area (Å²) >= 11 is 1.56. The van der Waals surface area contributed by atoms with E-state index in [1.807, 2.05) is 47.9 Å². The maximum atomic E-state index is 12.2. The third kappa shape index (κ3) is 2.10. The van der Waals surface area contributed by atoms with Gasteiger partial charge in [-0.2, -0.15) is 0 Å². The number of carbonyl (C=O) groups excluding carboxylic acids is 1. The van der Waals surface area contributed by atoms with Crippen LogP contribution < -0.4 is 0 Å². The maximum Gasteiger partial charge on any atom is 0.357 e. The van der Waals surface area contributed by atoms with Crippen molar-refractivity contribution in [3.8, 4) is 11.3 Å². The summed E-state index contributed by atoms with van der Waals surface area (Å²) < 4.78 is 6.99. The topological polar surface area (TPSA) is 43.6 Å². The van der Waals surface area contributed by atoms with Crippen molar-refractivity contribution in [3.63, 3.8) is 0 Å². The molecule has 3 aromatic rings. The minimum absolute atomic E-state index is 0.336.